The third kappa shape index (κ3) is 2.55. The fourth-order valence-electron chi connectivity index (χ4n) is 1.86. The van der Waals surface area contributed by atoms with Crippen molar-refractivity contribution in [1.82, 2.24) is 9.88 Å². The summed E-state index contributed by atoms with van der Waals surface area (Å²) in [5, 5.41) is 9.11. The van der Waals surface area contributed by atoms with Gasteiger partial charge in [-0.05, 0) is 18.6 Å². The van der Waals surface area contributed by atoms with Crippen LogP contribution < -0.4 is 0 Å². The van der Waals surface area contributed by atoms with E-state index in [-0.39, 0.29) is 17.6 Å². The third-order valence-corrected chi connectivity index (χ3v) is 3.00. The van der Waals surface area contributed by atoms with Gasteiger partial charge >= 0.3 is 5.97 Å². The number of halogens is 1. The molecule has 1 amide bonds. The standard InChI is InChI=1S/C11H11ClN2O3/c12-9-5-7(1-3-13-9)10(15)14-4-2-8(6-14)11(16)17/h1,3,5,8H,2,4,6H2,(H,16,17). The molecule has 1 saturated heterocycles. The lowest BCUT2D eigenvalue weighted by molar-refractivity contribution is -0.141. The van der Waals surface area contributed by atoms with Crippen LogP contribution >= 0.6 is 11.6 Å². The molecule has 2 heterocycles. The zero-order valence-corrected chi connectivity index (χ0v) is 9.72. The number of aliphatic carboxylic acids is 1. The summed E-state index contributed by atoms with van der Waals surface area (Å²) in [7, 11) is 0. The molecule has 0 spiro atoms. The van der Waals surface area contributed by atoms with Gasteiger partial charge in [0.2, 0.25) is 0 Å². The van der Waals surface area contributed by atoms with Gasteiger partial charge in [-0.25, -0.2) is 4.98 Å². The van der Waals surface area contributed by atoms with Crippen molar-refractivity contribution in [2.75, 3.05) is 13.1 Å². The Labute approximate surface area is 103 Å². The van der Waals surface area contributed by atoms with Crippen LogP contribution in [0.3, 0.4) is 0 Å². The normalized spacial score (nSPS) is 19.4. The van der Waals surface area contributed by atoms with Gasteiger partial charge in [-0.15, -0.1) is 0 Å². The molecule has 2 rings (SSSR count). The molecule has 0 aliphatic carbocycles. The Morgan fingerprint density at radius 1 is 1.53 bits per heavy atom. The summed E-state index contributed by atoms with van der Waals surface area (Å²) in [6, 6.07) is 3.06. The number of amides is 1. The number of pyridine rings is 1. The lowest BCUT2D eigenvalue weighted by atomic mass is 10.1. The molecule has 1 atom stereocenters. The molecule has 0 radical (unpaired) electrons. The van der Waals surface area contributed by atoms with E-state index in [1.807, 2.05) is 0 Å². The van der Waals surface area contributed by atoms with Crippen LogP contribution in [-0.2, 0) is 4.79 Å². The number of hydrogen-bond acceptors (Lipinski definition) is 3. The maximum Gasteiger partial charge on any atom is 0.308 e. The summed E-state index contributed by atoms with van der Waals surface area (Å²) in [5.74, 6) is -1.51. The van der Waals surface area contributed by atoms with Gasteiger partial charge in [-0.2, -0.15) is 0 Å². The second kappa shape index (κ2) is 4.71. The van der Waals surface area contributed by atoms with Crippen LogP contribution in [0.25, 0.3) is 0 Å². The predicted octanol–water partition coefficient (Wildman–Crippen LogP) is 1.28. The average molecular weight is 255 g/mol. The van der Waals surface area contributed by atoms with Crippen LogP contribution in [0.15, 0.2) is 18.3 Å². The maximum atomic E-state index is 12.0. The highest BCUT2D eigenvalue weighted by Gasteiger charge is 2.31. The molecule has 1 aliphatic heterocycles. The van der Waals surface area contributed by atoms with E-state index in [9.17, 15) is 9.59 Å². The molecule has 1 unspecified atom stereocenters. The molecule has 1 aromatic rings. The van der Waals surface area contributed by atoms with E-state index in [1.165, 1.54) is 17.2 Å². The summed E-state index contributed by atoms with van der Waals surface area (Å²) in [4.78, 5) is 28.1. The number of carboxylic acids is 1. The molecule has 1 N–H and O–H groups in total. The lowest BCUT2D eigenvalue weighted by Gasteiger charge is -2.15. The van der Waals surface area contributed by atoms with Crippen molar-refractivity contribution in [3.05, 3.63) is 29.0 Å². The highest BCUT2D eigenvalue weighted by molar-refractivity contribution is 6.29. The van der Waals surface area contributed by atoms with Gasteiger partial charge in [0.25, 0.3) is 5.91 Å². The molecular formula is C11H11ClN2O3. The quantitative estimate of drug-likeness (QED) is 0.807. The largest absolute Gasteiger partial charge is 0.481 e. The molecular weight excluding hydrogens is 244 g/mol. The van der Waals surface area contributed by atoms with Crippen molar-refractivity contribution < 1.29 is 14.7 Å². The van der Waals surface area contributed by atoms with Crippen molar-refractivity contribution in [3.8, 4) is 0 Å². The summed E-state index contributed by atoms with van der Waals surface area (Å²) >= 11 is 5.70. The minimum atomic E-state index is -0.854. The molecule has 0 bridgehead atoms. The number of carbonyl (C=O) groups excluding carboxylic acids is 1. The van der Waals surface area contributed by atoms with E-state index in [0.29, 0.717) is 18.5 Å². The van der Waals surface area contributed by atoms with Gasteiger partial charge < -0.3 is 10.0 Å². The number of rotatable bonds is 2. The molecule has 0 saturated carbocycles. The first-order valence-corrected chi connectivity index (χ1v) is 5.59. The summed E-state index contributed by atoms with van der Waals surface area (Å²) in [5.41, 5.74) is 0.441. The van der Waals surface area contributed by atoms with Crippen molar-refractivity contribution in [2.45, 2.75) is 6.42 Å². The Balaban J connectivity index is 2.09. The number of carbonyl (C=O) groups is 2. The Hall–Kier alpha value is -1.62. The first kappa shape index (κ1) is 11.9. The monoisotopic (exact) mass is 254 g/mol. The van der Waals surface area contributed by atoms with Crippen molar-refractivity contribution in [1.29, 1.82) is 0 Å². The average Bonchev–Trinajstić information content (AvgIpc) is 2.77. The van der Waals surface area contributed by atoms with Crippen LogP contribution in [0, 0.1) is 5.92 Å². The number of hydrogen-bond donors (Lipinski definition) is 1. The van der Waals surface area contributed by atoms with Crippen LogP contribution in [0.5, 0.6) is 0 Å². The summed E-state index contributed by atoms with van der Waals surface area (Å²) < 4.78 is 0. The fourth-order valence-corrected chi connectivity index (χ4v) is 2.04. The predicted molar refractivity (Wildman–Crippen MR) is 60.9 cm³/mol. The van der Waals surface area contributed by atoms with E-state index in [1.54, 1.807) is 6.07 Å². The van der Waals surface area contributed by atoms with Crippen molar-refractivity contribution in [3.63, 3.8) is 0 Å². The van der Waals surface area contributed by atoms with Gasteiger partial charge in [0.15, 0.2) is 0 Å². The van der Waals surface area contributed by atoms with Gasteiger partial charge in [-0.1, -0.05) is 11.6 Å². The number of likely N-dealkylation sites (tertiary alicyclic amines) is 1. The van der Waals surface area contributed by atoms with Gasteiger partial charge in [0.05, 0.1) is 5.92 Å². The first-order chi connectivity index (χ1) is 8.08. The van der Waals surface area contributed by atoms with Crippen molar-refractivity contribution in [2.24, 2.45) is 5.92 Å². The number of aromatic nitrogens is 1. The van der Waals surface area contributed by atoms with E-state index in [4.69, 9.17) is 16.7 Å². The Bertz CT molecular complexity index is 464. The van der Waals surface area contributed by atoms with Crippen LogP contribution in [0.4, 0.5) is 0 Å². The second-order valence-electron chi connectivity index (χ2n) is 3.94. The molecule has 1 aliphatic rings. The van der Waals surface area contributed by atoms with Gasteiger partial charge in [0.1, 0.15) is 5.15 Å². The Morgan fingerprint density at radius 2 is 2.29 bits per heavy atom. The molecule has 17 heavy (non-hydrogen) atoms. The third-order valence-electron chi connectivity index (χ3n) is 2.80. The number of carboxylic acid groups (broad SMARTS) is 1. The maximum absolute atomic E-state index is 12.0. The Kier molecular flexibility index (Phi) is 3.28. The lowest BCUT2D eigenvalue weighted by Crippen LogP contribution is -2.29. The number of nitrogens with zero attached hydrogens (tertiary/aromatic N) is 2. The van der Waals surface area contributed by atoms with E-state index in [2.05, 4.69) is 4.98 Å². The molecule has 1 aromatic heterocycles. The first-order valence-electron chi connectivity index (χ1n) is 5.21. The van der Waals surface area contributed by atoms with Gasteiger partial charge in [0, 0.05) is 24.8 Å². The highest BCUT2D eigenvalue weighted by Crippen LogP contribution is 2.19. The topological polar surface area (TPSA) is 70.5 Å². The van der Waals surface area contributed by atoms with E-state index in [0.717, 1.165) is 0 Å². The second-order valence-corrected chi connectivity index (χ2v) is 4.33. The smallest absolute Gasteiger partial charge is 0.308 e. The molecule has 0 aromatic carbocycles. The molecule has 5 nitrogen and oxygen atoms in total. The molecule has 90 valence electrons. The van der Waals surface area contributed by atoms with Crippen LogP contribution in [-0.4, -0.2) is 40.0 Å². The minimum Gasteiger partial charge on any atom is -0.481 e. The summed E-state index contributed by atoms with van der Waals surface area (Å²) in [6.07, 6.45) is 1.96. The minimum absolute atomic E-state index is 0.196. The van der Waals surface area contributed by atoms with E-state index < -0.39 is 11.9 Å². The fraction of sp³-hybridized carbons (Fsp3) is 0.364. The van der Waals surface area contributed by atoms with E-state index >= 15 is 0 Å². The molecule has 6 heteroatoms. The molecule has 1 fully saturated rings. The van der Waals surface area contributed by atoms with Crippen LogP contribution in [0.2, 0.25) is 5.15 Å². The zero-order valence-electron chi connectivity index (χ0n) is 8.97. The summed E-state index contributed by atoms with van der Waals surface area (Å²) in [6.45, 7) is 0.726. The Morgan fingerprint density at radius 3 is 2.88 bits per heavy atom. The zero-order chi connectivity index (χ0) is 12.4. The SMILES string of the molecule is O=C(O)C1CCN(C(=O)c2ccnc(Cl)c2)C1. The highest BCUT2D eigenvalue weighted by atomic mass is 35.5. The van der Waals surface area contributed by atoms with Crippen LogP contribution in [0.1, 0.15) is 16.8 Å². The van der Waals surface area contributed by atoms with Crippen molar-refractivity contribution >= 4 is 23.5 Å². The van der Waals surface area contributed by atoms with Gasteiger partial charge in [-0.3, -0.25) is 9.59 Å².